The molecule has 2 aromatic rings. The average Bonchev–Trinajstić information content (AvgIpc) is 3.51. The summed E-state index contributed by atoms with van der Waals surface area (Å²) in [5, 5.41) is 29.0. The van der Waals surface area contributed by atoms with Crippen molar-refractivity contribution in [3.63, 3.8) is 0 Å². The molecule has 0 bridgehead atoms. The third kappa shape index (κ3) is 7.66. The van der Waals surface area contributed by atoms with E-state index in [-0.39, 0.29) is 28.0 Å². The number of fused-ring (bicyclic) bond motifs is 1. The van der Waals surface area contributed by atoms with Gasteiger partial charge in [0, 0.05) is 24.4 Å². The minimum atomic E-state index is -2.00. The predicted octanol–water partition coefficient (Wildman–Crippen LogP) is 8.87. The second-order valence-corrected chi connectivity index (χ2v) is 19.4. The Kier molecular flexibility index (Phi) is 10.8. The lowest BCUT2D eigenvalue weighted by molar-refractivity contribution is 0.0499. The number of hydrogen-bond acceptors (Lipinski definition) is 9. The fourth-order valence-electron chi connectivity index (χ4n) is 5.08. The summed E-state index contributed by atoms with van der Waals surface area (Å²) in [4.78, 5) is 4.03. The summed E-state index contributed by atoms with van der Waals surface area (Å²) in [6.45, 7) is 21.7. The van der Waals surface area contributed by atoms with Crippen molar-refractivity contribution in [1.82, 2.24) is 0 Å². The number of ether oxygens (including phenoxy) is 3. The monoisotopic (exact) mass is 668 g/mol. The summed E-state index contributed by atoms with van der Waals surface area (Å²) in [7, 11) is -2.00. The standard InChI is InChI=1S/C37H44N4O4SSi/c1-10-41(11-2)27-15-12-25(13-16-27)14-18-31-34-35(44-28(23-42-34)24-43-47(8,9)36(3,4)5)32(46-31)19-17-30-29(22-40)33(26(20-38)21-39)45-37(30,6)7/h12-19,28H,10-11,23-24H2,1-9H3. The highest BCUT2D eigenvalue weighted by atomic mass is 32.1. The Morgan fingerprint density at radius 2 is 1.62 bits per heavy atom. The molecule has 8 nitrogen and oxygen atoms in total. The van der Waals surface area contributed by atoms with Gasteiger partial charge in [-0.15, -0.1) is 11.3 Å². The number of rotatable bonds is 10. The summed E-state index contributed by atoms with van der Waals surface area (Å²) in [6, 6.07) is 14.3. The third-order valence-corrected chi connectivity index (χ3v) is 14.5. The van der Waals surface area contributed by atoms with Gasteiger partial charge < -0.3 is 23.5 Å². The van der Waals surface area contributed by atoms with Crippen molar-refractivity contribution in [2.24, 2.45) is 0 Å². The van der Waals surface area contributed by atoms with Gasteiger partial charge in [0.25, 0.3) is 0 Å². The number of hydrogen-bond donors (Lipinski definition) is 0. The molecule has 1 aromatic heterocycles. The molecular weight excluding hydrogens is 625 g/mol. The Bertz CT molecular complexity index is 1720. The van der Waals surface area contributed by atoms with Crippen LogP contribution in [0.5, 0.6) is 11.5 Å². The van der Waals surface area contributed by atoms with Crippen LogP contribution in [0.4, 0.5) is 5.69 Å². The zero-order valence-electron chi connectivity index (χ0n) is 28.9. The summed E-state index contributed by atoms with van der Waals surface area (Å²) in [5.74, 6) is 1.30. The lowest BCUT2D eigenvalue weighted by Gasteiger charge is -2.37. The van der Waals surface area contributed by atoms with Crippen molar-refractivity contribution in [2.75, 3.05) is 31.2 Å². The van der Waals surface area contributed by atoms with Crippen molar-refractivity contribution in [3.8, 4) is 29.7 Å². The molecule has 10 heteroatoms. The lowest BCUT2D eigenvalue weighted by atomic mass is 9.94. The van der Waals surface area contributed by atoms with Crippen LogP contribution in [0, 0.1) is 34.0 Å². The first-order valence-corrected chi connectivity index (χ1v) is 19.6. The van der Waals surface area contributed by atoms with Gasteiger partial charge in [0.2, 0.25) is 0 Å². The molecule has 0 saturated heterocycles. The van der Waals surface area contributed by atoms with E-state index in [4.69, 9.17) is 18.6 Å². The minimum Gasteiger partial charge on any atom is -0.484 e. The van der Waals surface area contributed by atoms with Gasteiger partial charge in [-0.2, -0.15) is 15.8 Å². The van der Waals surface area contributed by atoms with Gasteiger partial charge in [0.15, 0.2) is 37.3 Å². The molecule has 2 aliphatic rings. The van der Waals surface area contributed by atoms with Crippen LogP contribution in [0.15, 0.2) is 52.8 Å². The lowest BCUT2D eigenvalue weighted by Crippen LogP contribution is -2.45. The van der Waals surface area contributed by atoms with Crippen LogP contribution in [0.1, 0.15) is 63.8 Å². The molecule has 2 aliphatic heterocycles. The number of nitrogens with zero attached hydrogens (tertiary/aromatic N) is 4. The van der Waals surface area contributed by atoms with Crippen LogP contribution in [-0.2, 0) is 9.16 Å². The van der Waals surface area contributed by atoms with Crippen molar-refractivity contribution in [2.45, 2.75) is 78.3 Å². The average molecular weight is 669 g/mol. The Morgan fingerprint density at radius 1 is 1.00 bits per heavy atom. The van der Waals surface area contributed by atoms with Gasteiger partial charge >= 0.3 is 0 Å². The summed E-state index contributed by atoms with van der Waals surface area (Å²) in [6.07, 6.45) is 7.51. The molecule has 0 fully saturated rings. The predicted molar refractivity (Wildman–Crippen MR) is 191 cm³/mol. The van der Waals surface area contributed by atoms with Crippen molar-refractivity contribution in [1.29, 1.82) is 15.8 Å². The highest BCUT2D eigenvalue weighted by Gasteiger charge is 2.40. The van der Waals surface area contributed by atoms with E-state index < -0.39 is 13.9 Å². The van der Waals surface area contributed by atoms with Crippen LogP contribution < -0.4 is 14.4 Å². The highest BCUT2D eigenvalue weighted by molar-refractivity contribution is 7.14. The quantitative estimate of drug-likeness (QED) is 0.182. The van der Waals surface area contributed by atoms with Crippen LogP contribution in [0.3, 0.4) is 0 Å². The number of allylic oxidation sites excluding steroid dienone is 2. The van der Waals surface area contributed by atoms with Crippen molar-refractivity contribution < 1.29 is 18.6 Å². The minimum absolute atomic E-state index is 0.00780. The van der Waals surface area contributed by atoms with E-state index in [0.717, 1.165) is 28.4 Å². The van der Waals surface area contributed by atoms with E-state index in [9.17, 15) is 15.8 Å². The number of thiophene rings is 1. The summed E-state index contributed by atoms with van der Waals surface area (Å²) >= 11 is 1.52. The molecule has 0 N–H and O–H groups in total. The SMILES string of the molecule is CCN(CC)c1ccc(C=Cc2sc(C=CC3=C(C#N)C(=C(C#N)C#N)OC3(C)C)c3c2OCC(CO[Si](C)(C)C(C)(C)C)O3)cc1. The fraction of sp³-hybridized carbons (Fsp3) is 0.432. The smallest absolute Gasteiger partial charge is 0.192 e. The van der Waals surface area contributed by atoms with E-state index in [0.29, 0.717) is 30.3 Å². The maximum Gasteiger partial charge on any atom is 0.192 e. The van der Waals surface area contributed by atoms with Crippen molar-refractivity contribution in [3.05, 3.63) is 68.1 Å². The Hall–Kier alpha value is -4.27. The number of benzene rings is 1. The van der Waals surface area contributed by atoms with Gasteiger partial charge in [0.1, 0.15) is 36.0 Å². The number of anilines is 1. The fourth-order valence-corrected chi connectivity index (χ4v) is 7.10. The molecule has 3 heterocycles. The maximum atomic E-state index is 10.0. The number of nitriles is 3. The van der Waals surface area contributed by atoms with E-state index in [2.05, 4.69) is 89.0 Å². The first-order chi connectivity index (χ1) is 22.2. The Morgan fingerprint density at radius 3 is 2.19 bits per heavy atom. The largest absolute Gasteiger partial charge is 0.484 e. The van der Waals surface area contributed by atoms with Crippen LogP contribution >= 0.6 is 11.3 Å². The van der Waals surface area contributed by atoms with Gasteiger partial charge in [-0.25, -0.2) is 0 Å². The third-order valence-electron chi connectivity index (χ3n) is 8.92. The molecule has 0 saturated carbocycles. The first-order valence-electron chi connectivity index (χ1n) is 15.9. The molecule has 1 atom stereocenters. The van der Waals surface area contributed by atoms with Gasteiger partial charge in [0.05, 0.1) is 16.4 Å². The Labute approximate surface area is 284 Å². The van der Waals surface area contributed by atoms with E-state index in [1.807, 2.05) is 30.4 Å². The van der Waals surface area contributed by atoms with Crippen molar-refractivity contribution >= 4 is 43.6 Å². The second kappa shape index (κ2) is 14.2. The van der Waals surface area contributed by atoms with Gasteiger partial charge in [-0.05, 0) is 75.7 Å². The molecule has 47 heavy (non-hydrogen) atoms. The van der Waals surface area contributed by atoms with Gasteiger partial charge in [-0.1, -0.05) is 45.1 Å². The molecule has 1 aromatic carbocycles. The van der Waals surface area contributed by atoms with Gasteiger partial charge in [-0.3, -0.25) is 0 Å². The zero-order valence-corrected chi connectivity index (χ0v) is 30.7. The molecule has 246 valence electrons. The molecule has 0 radical (unpaired) electrons. The van der Waals surface area contributed by atoms with Crippen LogP contribution in [0.2, 0.25) is 18.1 Å². The molecule has 0 amide bonds. The molecule has 0 aliphatic carbocycles. The molecule has 0 spiro atoms. The van der Waals surface area contributed by atoms with Crippen LogP contribution in [-0.4, -0.2) is 46.3 Å². The van der Waals surface area contributed by atoms with E-state index in [1.54, 1.807) is 13.8 Å². The summed E-state index contributed by atoms with van der Waals surface area (Å²) < 4.78 is 25.4. The Balaban J connectivity index is 1.71. The van der Waals surface area contributed by atoms with Crippen LogP contribution in [0.25, 0.3) is 18.2 Å². The normalized spacial score (nSPS) is 17.4. The highest BCUT2D eigenvalue weighted by Crippen LogP contribution is 2.48. The van der Waals surface area contributed by atoms with E-state index in [1.165, 1.54) is 17.0 Å². The molecule has 1 unspecified atom stereocenters. The second-order valence-electron chi connectivity index (χ2n) is 13.5. The maximum absolute atomic E-state index is 10.0. The first kappa shape index (κ1) is 35.6. The molecular formula is C37H44N4O4SSi. The topological polar surface area (TPSA) is 112 Å². The molecule has 4 rings (SSSR count). The zero-order chi connectivity index (χ0) is 34.6. The summed E-state index contributed by atoms with van der Waals surface area (Å²) in [5.41, 5.74) is 1.84. The van der Waals surface area contributed by atoms with E-state index >= 15 is 0 Å².